The lowest BCUT2D eigenvalue weighted by molar-refractivity contribution is 0.0933. The highest BCUT2D eigenvalue weighted by Gasteiger charge is 2.17. The van der Waals surface area contributed by atoms with Gasteiger partial charge >= 0.3 is 0 Å². The molecule has 0 radical (unpaired) electrons. The molecule has 2 heterocycles. The molecular formula is C13H14N6O. The first kappa shape index (κ1) is 12.3. The van der Waals surface area contributed by atoms with Crippen LogP contribution in [0.1, 0.15) is 29.3 Å². The standard InChI is InChI=1S/C13H14N6O/c1-8(12-16-17-18-19(12)2)14-13(20)11-7-9-5-3-4-6-10(9)15-11/h3-8,15H,1-2H3,(H,14,20)/t8-/m0/s1. The fraction of sp³-hybridized carbons (Fsp3) is 0.231. The highest BCUT2D eigenvalue weighted by Crippen LogP contribution is 2.15. The Kier molecular flexibility index (Phi) is 2.94. The van der Waals surface area contributed by atoms with Crippen molar-refractivity contribution in [2.45, 2.75) is 13.0 Å². The summed E-state index contributed by atoms with van der Waals surface area (Å²) in [5.74, 6) is 0.422. The smallest absolute Gasteiger partial charge is 0.268 e. The highest BCUT2D eigenvalue weighted by molar-refractivity contribution is 5.98. The van der Waals surface area contributed by atoms with Crippen molar-refractivity contribution in [1.82, 2.24) is 30.5 Å². The van der Waals surface area contributed by atoms with Crippen molar-refractivity contribution in [3.8, 4) is 0 Å². The minimum atomic E-state index is -0.270. The minimum absolute atomic E-state index is 0.184. The van der Waals surface area contributed by atoms with E-state index >= 15 is 0 Å². The first-order valence-corrected chi connectivity index (χ1v) is 6.26. The maximum absolute atomic E-state index is 12.2. The molecule has 1 amide bonds. The normalized spacial score (nSPS) is 12.5. The van der Waals surface area contributed by atoms with Crippen LogP contribution in [0.2, 0.25) is 0 Å². The molecule has 0 saturated carbocycles. The van der Waals surface area contributed by atoms with E-state index in [2.05, 4.69) is 25.8 Å². The Balaban J connectivity index is 1.81. The molecule has 0 aliphatic carbocycles. The van der Waals surface area contributed by atoms with Gasteiger partial charge in [0.25, 0.3) is 5.91 Å². The largest absolute Gasteiger partial charge is 0.351 e. The topological polar surface area (TPSA) is 88.5 Å². The van der Waals surface area contributed by atoms with Gasteiger partial charge < -0.3 is 10.3 Å². The lowest BCUT2D eigenvalue weighted by atomic mass is 10.2. The van der Waals surface area contributed by atoms with E-state index in [4.69, 9.17) is 0 Å². The highest BCUT2D eigenvalue weighted by atomic mass is 16.2. The first-order valence-electron chi connectivity index (χ1n) is 6.26. The second kappa shape index (κ2) is 4.76. The molecule has 7 nitrogen and oxygen atoms in total. The van der Waals surface area contributed by atoms with Crippen molar-refractivity contribution < 1.29 is 4.79 Å². The summed E-state index contributed by atoms with van der Waals surface area (Å²) < 4.78 is 1.54. The molecule has 20 heavy (non-hydrogen) atoms. The number of aryl methyl sites for hydroxylation is 1. The van der Waals surface area contributed by atoms with Crippen molar-refractivity contribution in [3.63, 3.8) is 0 Å². The summed E-state index contributed by atoms with van der Waals surface area (Å²) in [5, 5.41) is 15.1. The molecule has 102 valence electrons. The summed E-state index contributed by atoms with van der Waals surface area (Å²) in [6.45, 7) is 1.84. The molecule has 2 aromatic heterocycles. The van der Waals surface area contributed by atoms with Crippen molar-refractivity contribution in [1.29, 1.82) is 0 Å². The van der Waals surface area contributed by atoms with E-state index in [0.29, 0.717) is 11.5 Å². The zero-order valence-corrected chi connectivity index (χ0v) is 11.2. The number of carbonyl (C=O) groups excluding carboxylic acids is 1. The van der Waals surface area contributed by atoms with Crippen LogP contribution in [0.25, 0.3) is 10.9 Å². The van der Waals surface area contributed by atoms with Gasteiger partial charge in [-0.05, 0) is 29.5 Å². The number of hydrogen-bond acceptors (Lipinski definition) is 4. The van der Waals surface area contributed by atoms with Crippen molar-refractivity contribution >= 4 is 16.8 Å². The van der Waals surface area contributed by atoms with Crippen LogP contribution < -0.4 is 5.32 Å². The van der Waals surface area contributed by atoms with Crippen LogP contribution in [0.4, 0.5) is 0 Å². The van der Waals surface area contributed by atoms with Crippen LogP contribution in [-0.2, 0) is 7.05 Å². The van der Waals surface area contributed by atoms with Gasteiger partial charge in [-0.15, -0.1) is 5.10 Å². The molecule has 0 aliphatic rings. The van der Waals surface area contributed by atoms with E-state index in [1.807, 2.05) is 37.3 Å². The number of amides is 1. The summed E-state index contributed by atoms with van der Waals surface area (Å²) in [7, 11) is 1.74. The van der Waals surface area contributed by atoms with E-state index in [9.17, 15) is 4.79 Å². The van der Waals surface area contributed by atoms with E-state index in [0.717, 1.165) is 10.9 Å². The van der Waals surface area contributed by atoms with Gasteiger partial charge in [0.2, 0.25) is 0 Å². The molecule has 0 bridgehead atoms. The van der Waals surface area contributed by atoms with E-state index in [1.54, 1.807) is 7.05 Å². The van der Waals surface area contributed by atoms with Gasteiger partial charge in [-0.2, -0.15) is 0 Å². The number of nitrogens with zero attached hydrogens (tertiary/aromatic N) is 4. The number of H-pyrrole nitrogens is 1. The number of nitrogens with one attached hydrogen (secondary N) is 2. The number of rotatable bonds is 3. The fourth-order valence-electron chi connectivity index (χ4n) is 2.14. The van der Waals surface area contributed by atoms with E-state index in [1.165, 1.54) is 4.68 Å². The number of hydrogen-bond donors (Lipinski definition) is 2. The number of aromatic amines is 1. The van der Waals surface area contributed by atoms with Gasteiger partial charge in [-0.25, -0.2) is 4.68 Å². The molecular weight excluding hydrogens is 256 g/mol. The molecule has 1 aromatic carbocycles. The second-order valence-corrected chi connectivity index (χ2v) is 4.63. The Labute approximate surface area is 115 Å². The third kappa shape index (κ3) is 2.13. The van der Waals surface area contributed by atoms with Gasteiger partial charge in [-0.1, -0.05) is 18.2 Å². The lowest BCUT2D eigenvalue weighted by Crippen LogP contribution is -2.28. The van der Waals surface area contributed by atoms with E-state index in [-0.39, 0.29) is 11.9 Å². The molecule has 0 saturated heterocycles. The molecule has 3 rings (SSSR count). The molecule has 0 aliphatic heterocycles. The van der Waals surface area contributed by atoms with Gasteiger partial charge in [0.05, 0.1) is 6.04 Å². The molecule has 0 spiro atoms. The van der Waals surface area contributed by atoms with Crippen LogP contribution in [0.5, 0.6) is 0 Å². The molecule has 2 N–H and O–H groups in total. The number of benzene rings is 1. The third-order valence-corrected chi connectivity index (χ3v) is 3.16. The van der Waals surface area contributed by atoms with Crippen molar-refractivity contribution in [3.05, 3.63) is 41.9 Å². The summed E-state index contributed by atoms with van der Waals surface area (Å²) in [6, 6.07) is 9.31. The molecule has 3 aromatic rings. The first-order chi connectivity index (χ1) is 9.65. The number of aromatic nitrogens is 5. The number of carbonyl (C=O) groups is 1. The predicted octanol–water partition coefficient (Wildman–Crippen LogP) is 1.18. The Morgan fingerprint density at radius 1 is 1.40 bits per heavy atom. The van der Waals surface area contributed by atoms with Crippen LogP contribution in [0.3, 0.4) is 0 Å². The molecule has 0 fully saturated rings. The third-order valence-electron chi connectivity index (χ3n) is 3.16. The number of tetrazole rings is 1. The number of para-hydroxylation sites is 1. The average Bonchev–Trinajstić information content (AvgIpc) is 3.04. The zero-order chi connectivity index (χ0) is 14.1. The maximum Gasteiger partial charge on any atom is 0.268 e. The molecule has 1 atom stereocenters. The van der Waals surface area contributed by atoms with Crippen molar-refractivity contribution in [2.75, 3.05) is 0 Å². The van der Waals surface area contributed by atoms with Crippen molar-refractivity contribution in [2.24, 2.45) is 7.05 Å². The average molecular weight is 270 g/mol. The molecule has 0 unspecified atom stereocenters. The zero-order valence-electron chi connectivity index (χ0n) is 11.2. The Morgan fingerprint density at radius 3 is 2.90 bits per heavy atom. The summed E-state index contributed by atoms with van der Waals surface area (Å²) in [5.41, 5.74) is 1.46. The van der Waals surface area contributed by atoms with Gasteiger partial charge in [0, 0.05) is 18.0 Å². The monoisotopic (exact) mass is 270 g/mol. The Hall–Kier alpha value is -2.70. The summed E-state index contributed by atoms with van der Waals surface area (Å²) >= 11 is 0. The van der Waals surface area contributed by atoms with Crippen LogP contribution in [-0.4, -0.2) is 31.1 Å². The predicted molar refractivity (Wildman–Crippen MR) is 73.0 cm³/mol. The maximum atomic E-state index is 12.2. The van der Waals surface area contributed by atoms with Gasteiger partial charge in [0.15, 0.2) is 5.82 Å². The van der Waals surface area contributed by atoms with Crippen LogP contribution in [0.15, 0.2) is 30.3 Å². The fourth-order valence-corrected chi connectivity index (χ4v) is 2.14. The molecule has 7 heteroatoms. The number of fused-ring (bicyclic) bond motifs is 1. The quantitative estimate of drug-likeness (QED) is 0.748. The summed E-state index contributed by atoms with van der Waals surface area (Å²) in [4.78, 5) is 15.3. The van der Waals surface area contributed by atoms with Gasteiger partial charge in [-0.3, -0.25) is 4.79 Å². The van der Waals surface area contributed by atoms with Gasteiger partial charge in [0.1, 0.15) is 5.69 Å². The SMILES string of the molecule is C[C@H](NC(=O)c1cc2ccccc2[nH]1)c1nnnn1C. The van der Waals surface area contributed by atoms with E-state index < -0.39 is 0 Å². The Morgan fingerprint density at radius 2 is 2.20 bits per heavy atom. The second-order valence-electron chi connectivity index (χ2n) is 4.63. The lowest BCUT2D eigenvalue weighted by Gasteiger charge is -2.11. The minimum Gasteiger partial charge on any atom is -0.351 e. The summed E-state index contributed by atoms with van der Waals surface area (Å²) in [6.07, 6.45) is 0. The Bertz CT molecular complexity index is 726. The van der Waals surface area contributed by atoms with Crippen LogP contribution in [0, 0.1) is 0 Å². The van der Waals surface area contributed by atoms with Crippen LogP contribution >= 0.6 is 0 Å².